The number of carbonyl (C=O) groups is 1. The first-order chi connectivity index (χ1) is 8.61. The molecule has 0 atom stereocenters. The van der Waals surface area contributed by atoms with Crippen molar-refractivity contribution in [3.8, 4) is 0 Å². The summed E-state index contributed by atoms with van der Waals surface area (Å²) in [5.41, 5.74) is 7.00. The molecule has 0 bridgehead atoms. The van der Waals surface area contributed by atoms with Gasteiger partial charge in [-0.3, -0.25) is 4.79 Å². The molecule has 0 fully saturated rings. The fourth-order valence-electron chi connectivity index (χ4n) is 1.99. The molecular formula is C13H16FN3O. The van der Waals surface area contributed by atoms with Crippen molar-refractivity contribution in [2.24, 2.45) is 5.73 Å². The van der Waals surface area contributed by atoms with Crippen LogP contribution in [0.25, 0.3) is 11.0 Å². The molecule has 0 amide bonds. The van der Waals surface area contributed by atoms with Crippen LogP contribution in [0.1, 0.15) is 19.2 Å². The highest BCUT2D eigenvalue weighted by atomic mass is 19.1. The predicted octanol–water partition coefficient (Wildman–Crippen LogP) is 1.66. The average Bonchev–Trinajstić information content (AvgIpc) is 2.63. The summed E-state index contributed by atoms with van der Waals surface area (Å²) in [5.74, 6) is 0.620. The van der Waals surface area contributed by atoms with Crippen LogP contribution in [0.15, 0.2) is 18.2 Å². The first kappa shape index (κ1) is 12.7. The number of imidazole rings is 1. The van der Waals surface area contributed by atoms with E-state index in [2.05, 4.69) is 4.98 Å². The van der Waals surface area contributed by atoms with Crippen molar-refractivity contribution in [2.45, 2.75) is 26.3 Å². The second kappa shape index (κ2) is 5.27. The number of hydrogen-bond acceptors (Lipinski definition) is 3. The molecule has 1 heterocycles. The van der Waals surface area contributed by atoms with Gasteiger partial charge in [0, 0.05) is 25.5 Å². The highest BCUT2D eigenvalue weighted by Crippen LogP contribution is 2.18. The highest BCUT2D eigenvalue weighted by Gasteiger charge is 2.11. The number of fused-ring (bicyclic) bond motifs is 1. The molecule has 0 aliphatic heterocycles. The molecule has 1 aromatic heterocycles. The number of benzene rings is 1. The molecule has 0 saturated carbocycles. The molecule has 5 heteroatoms. The molecule has 0 aliphatic rings. The minimum Gasteiger partial charge on any atom is -0.330 e. The van der Waals surface area contributed by atoms with E-state index in [1.165, 1.54) is 12.1 Å². The maximum atomic E-state index is 13.1. The van der Waals surface area contributed by atoms with Gasteiger partial charge in [0.2, 0.25) is 0 Å². The Balaban J connectivity index is 2.44. The minimum atomic E-state index is -0.307. The fourth-order valence-corrected chi connectivity index (χ4v) is 1.99. The molecule has 0 saturated heterocycles. The number of aromatic nitrogens is 2. The van der Waals surface area contributed by atoms with E-state index < -0.39 is 0 Å². The molecule has 0 unspecified atom stereocenters. The maximum Gasteiger partial charge on any atom is 0.131 e. The van der Waals surface area contributed by atoms with Crippen LogP contribution >= 0.6 is 0 Å². The van der Waals surface area contributed by atoms with E-state index in [1.807, 2.05) is 4.57 Å². The third kappa shape index (κ3) is 2.56. The Morgan fingerprint density at radius 1 is 1.50 bits per heavy atom. The van der Waals surface area contributed by atoms with Gasteiger partial charge >= 0.3 is 0 Å². The first-order valence-electron chi connectivity index (χ1n) is 5.96. The minimum absolute atomic E-state index is 0.123. The maximum absolute atomic E-state index is 13.1. The Hall–Kier alpha value is -1.75. The molecule has 96 valence electrons. The zero-order chi connectivity index (χ0) is 13.1. The fraction of sp³-hybridized carbons (Fsp3) is 0.385. The molecule has 18 heavy (non-hydrogen) atoms. The summed E-state index contributed by atoms with van der Waals surface area (Å²) in [5, 5.41) is 0. The van der Waals surface area contributed by atoms with Crippen LogP contribution < -0.4 is 5.73 Å². The number of nitrogens with zero attached hydrogens (tertiary/aromatic N) is 2. The molecule has 0 spiro atoms. The Bertz CT molecular complexity index is 577. The summed E-state index contributed by atoms with van der Waals surface area (Å²) in [4.78, 5) is 15.5. The number of ketones is 1. The quantitative estimate of drug-likeness (QED) is 0.876. The first-order valence-corrected chi connectivity index (χ1v) is 5.96. The van der Waals surface area contributed by atoms with Gasteiger partial charge in [0.05, 0.1) is 11.0 Å². The number of rotatable bonds is 5. The average molecular weight is 249 g/mol. The molecule has 2 rings (SSSR count). The van der Waals surface area contributed by atoms with E-state index in [-0.39, 0.29) is 11.6 Å². The summed E-state index contributed by atoms with van der Waals surface area (Å²) < 4.78 is 15.1. The van der Waals surface area contributed by atoms with Crippen molar-refractivity contribution in [3.05, 3.63) is 29.8 Å². The summed E-state index contributed by atoms with van der Waals surface area (Å²) in [6.07, 6.45) is 1.06. The number of Topliss-reactive ketones (excluding diaryl/α,β-unsaturated/α-hetero) is 1. The van der Waals surface area contributed by atoms with E-state index in [4.69, 9.17) is 5.73 Å². The van der Waals surface area contributed by atoms with Crippen molar-refractivity contribution >= 4 is 16.8 Å². The van der Waals surface area contributed by atoms with Crippen LogP contribution in [0.2, 0.25) is 0 Å². The van der Waals surface area contributed by atoms with Gasteiger partial charge in [-0.05, 0) is 25.6 Å². The monoisotopic (exact) mass is 249 g/mol. The number of hydrogen-bond donors (Lipinski definition) is 1. The van der Waals surface area contributed by atoms with Gasteiger partial charge in [0.15, 0.2) is 0 Å². The Labute approximate surface area is 105 Å². The van der Waals surface area contributed by atoms with E-state index in [9.17, 15) is 9.18 Å². The smallest absolute Gasteiger partial charge is 0.131 e. The standard InChI is InChI=1S/C13H16FN3O/c1-9(18)5-7-17-12-3-2-10(14)8-11(12)16-13(17)4-6-15/h2-3,8H,4-7,15H2,1H3. The lowest BCUT2D eigenvalue weighted by Gasteiger charge is -2.07. The lowest BCUT2D eigenvalue weighted by molar-refractivity contribution is -0.117. The Morgan fingerprint density at radius 2 is 2.28 bits per heavy atom. The number of halogens is 1. The third-order valence-electron chi connectivity index (χ3n) is 2.84. The van der Waals surface area contributed by atoms with Gasteiger partial charge in [0.1, 0.15) is 17.4 Å². The number of nitrogens with two attached hydrogens (primary N) is 1. The summed E-state index contributed by atoms with van der Waals surface area (Å²) in [6.45, 7) is 2.60. The molecule has 1 aromatic carbocycles. The Kier molecular flexibility index (Phi) is 3.72. The van der Waals surface area contributed by atoms with Crippen LogP contribution in [-0.4, -0.2) is 21.9 Å². The summed E-state index contributed by atoms with van der Waals surface area (Å²) in [7, 11) is 0. The predicted molar refractivity (Wildman–Crippen MR) is 67.7 cm³/mol. The molecule has 0 aliphatic carbocycles. The Morgan fingerprint density at radius 3 is 2.94 bits per heavy atom. The molecule has 0 radical (unpaired) electrons. The van der Waals surface area contributed by atoms with Crippen LogP contribution in [0.5, 0.6) is 0 Å². The van der Waals surface area contributed by atoms with E-state index in [1.54, 1.807) is 13.0 Å². The molecular weight excluding hydrogens is 233 g/mol. The largest absolute Gasteiger partial charge is 0.330 e. The van der Waals surface area contributed by atoms with Gasteiger partial charge in [-0.2, -0.15) is 0 Å². The van der Waals surface area contributed by atoms with Crippen LogP contribution in [0, 0.1) is 5.82 Å². The zero-order valence-corrected chi connectivity index (χ0v) is 10.3. The SMILES string of the molecule is CC(=O)CCn1c(CCN)nc2cc(F)ccc21. The van der Waals surface area contributed by atoms with Crippen molar-refractivity contribution in [1.82, 2.24) is 9.55 Å². The van der Waals surface area contributed by atoms with Crippen LogP contribution in [0.4, 0.5) is 4.39 Å². The van der Waals surface area contributed by atoms with Gasteiger partial charge < -0.3 is 10.3 Å². The van der Waals surface area contributed by atoms with E-state index >= 15 is 0 Å². The second-order valence-electron chi connectivity index (χ2n) is 4.30. The lowest BCUT2D eigenvalue weighted by atomic mass is 10.2. The number of carbonyl (C=O) groups excluding carboxylic acids is 1. The second-order valence-corrected chi connectivity index (χ2v) is 4.30. The summed E-state index contributed by atoms with van der Waals surface area (Å²) in [6, 6.07) is 4.50. The lowest BCUT2D eigenvalue weighted by Crippen LogP contribution is -2.11. The zero-order valence-electron chi connectivity index (χ0n) is 10.3. The molecule has 2 aromatic rings. The highest BCUT2D eigenvalue weighted by molar-refractivity contribution is 5.77. The third-order valence-corrected chi connectivity index (χ3v) is 2.84. The van der Waals surface area contributed by atoms with Crippen molar-refractivity contribution < 1.29 is 9.18 Å². The van der Waals surface area contributed by atoms with Gasteiger partial charge in [-0.25, -0.2) is 9.37 Å². The van der Waals surface area contributed by atoms with Crippen molar-refractivity contribution in [1.29, 1.82) is 0 Å². The topological polar surface area (TPSA) is 60.9 Å². The van der Waals surface area contributed by atoms with Gasteiger partial charge in [-0.1, -0.05) is 0 Å². The van der Waals surface area contributed by atoms with E-state index in [0.717, 1.165) is 11.3 Å². The van der Waals surface area contributed by atoms with Crippen LogP contribution in [-0.2, 0) is 17.8 Å². The molecule has 4 nitrogen and oxygen atoms in total. The van der Waals surface area contributed by atoms with E-state index in [0.29, 0.717) is 31.4 Å². The van der Waals surface area contributed by atoms with Crippen molar-refractivity contribution in [2.75, 3.05) is 6.54 Å². The van der Waals surface area contributed by atoms with Crippen LogP contribution in [0.3, 0.4) is 0 Å². The van der Waals surface area contributed by atoms with Gasteiger partial charge in [0.25, 0.3) is 0 Å². The number of aryl methyl sites for hydroxylation is 1. The molecule has 2 N–H and O–H groups in total. The summed E-state index contributed by atoms with van der Waals surface area (Å²) >= 11 is 0. The van der Waals surface area contributed by atoms with Crippen molar-refractivity contribution in [3.63, 3.8) is 0 Å². The van der Waals surface area contributed by atoms with Gasteiger partial charge in [-0.15, -0.1) is 0 Å². The normalized spacial score (nSPS) is 11.1.